The van der Waals surface area contributed by atoms with Crippen LogP contribution in [0.5, 0.6) is 0 Å². The van der Waals surface area contributed by atoms with E-state index in [4.69, 9.17) is 5.73 Å². The normalized spacial score (nSPS) is 13.4. The fourth-order valence-corrected chi connectivity index (χ4v) is 5.37. The molecule has 0 fully saturated rings. The fourth-order valence-electron chi connectivity index (χ4n) is 5.37. The molecule has 0 bridgehead atoms. The van der Waals surface area contributed by atoms with E-state index in [0.717, 1.165) is 41.3 Å². The Morgan fingerprint density at radius 3 is 2.10 bits per heavy atom. The highest BCUT2D eigenvalue weighted by molar-refractivity contribution is 5.95. The summed E-state index contributed by atoms with van der Waals surface area (Å²) in [4.78, 5) is 44.3. The van der Waals surface area contributed by atoms with Gasteiger partial charge in [-0.2, -0.15) is 0 Å². The van der Waals surface area contributed by atoms with Crippen LogP contribution in [0.25, 0.3) is 10.8 Å². The number of nitrogens with two attached hydrogens (primary N) is 1. The number of nitrogens with one attached hydrogen (secondary N) is 1. The lowest BCUT2D eigenvalue weighted by Crippen LogP contribution is -2.56. The van der Waals surface area contributed by atoms with Gasteiger partial charge in [0.05, 0.1) is 0 Å². The van der Waals surface area contributed by atoms with E-state index >= 15 is 0 Å². The highest BCUT2D eigenvalue weighted by Crippen LogP contribution is 2.22. The highest BCUT2D eigenvalue weighted by Gasteiger charge is 2.35. The Kier molecular flexibility index (Phi) is 13.4. The van der Waals surface area contributed by atoms with Crippen LogP contribution in [0.3, 0.4) is 0 Å². The average molecular weight is 665 g/mol. The third kappa shape index (κ3) is 10.2. The van der Waals surface area contributed by atoms with Crippen LogP contribution in [0, 0.1) is 17.0 Å². The van der Waals surface area contributed by atoms with E-state index in [1.807, 2.05) is 56.3 Å². The molecule has 0 heterocycles. The Labute approximate surface area is 283 Å². The molecule has 0 saturated carbocycles. The van der Waals surface area contributed by atoms with Crippen molar-refractivity contribution in [2.24, 2.45) is 11.1 Å². The molecule has 8 nitrogen and oxygen atoms in total. The molecule has 3 aromatic rings. The lowest BCUT2D eigenvalue weighted by atomic mass is 9.90. The van der Waals surface area contributed by atoms with Gasteiger partial charge in [0.2, 0.25) is 17.7 Å². The number of aliphatic hydroxyl groups is 1. The second-order valence-corrected chi connectivity index (χ2v) is 13.5. The minimum absolute atomic E-state index is 0.112. The molecule has 3 rings (SSSR count). The standard InChI is InChI=1S/C38H50F2N4O4/c1-7-38(41,8-2)19-11-14-34(46)43(5)33(23-26-15-17-28-12-9-10-13-29(28)20-26)36(48)44(6)32(35(47)42-24-37(3,4)25-45)22-27-16-18-30(39)31(40)21-27/h9-18,20-21,32-33,45H,7-8,19,22-25,41H2,1-6H3,(H,42,47)/t32-,33-/m1/s1. The fraction of sp³-hybridized carbons (Fsp3) is 0.447. The number of likely N-dealkylation sites (N-methyl/N-ethyl adjacent to an activating group) is 2. The van der Waals surface area contributed by atoms with Crippen molar-refractivity contribution in [2.45, 2.75) is 77.4 Å². The van der Waals surface area contributed by atoms with Gasteiger partial charge in [0.1, 0.15) is 12.1 Å². The van der Waals surface area contributed by atoms with Gasteiger partial charge < -0.3 is 26.0 Å². The maximum Gasteiger partial charge on any atom is 0.246 e. The Bertz CT molecular complexity index is 1600. The van der Waals surface area contributed by atoms with Crippen molar-refractivity contribution in [2.75, 3.05) is 27.2 Å². The zero-order chi connectivity index (χ0) is 35.6. The van der Waals surface area contributed by atoms with Crippen LogP contribution in [0.15, 0.2) is 72.8 Å². The monoisotopic (exact) mass is 664 g/mol. The predicted octanol–water partition coefficient (Wildman–Crippen LogP) is 5.16. The molecule has 2 atom stereocenters. The number of hydrogen-bond acceptors (Lipinski definition) is 5. The maximum absolute atomic E-state index is 14.4. The summed E-state index contributed by atoms with van der Waals surface area (Å²) in [5, 5.41) is 14.5. The van der Waals surface area contributed by atoms with E-state index < -0.39 is 52.4 Å². The summed E-state index contributed by atoms with van der Waals surface area (Å²) >= 11 is 0. The molecule has 0 aliphatic heterocycles. The molecular formula is C38H50F2N4O4. The van der Waals surface area contributed by atoms with Crippen LogP contribution in [-0.2, 0) is 27.2 Å². The average Bonchev–Trinajstić information content (AvgIpc) is 3.08. The van der Waals surface area contributed by atoms with Gasteiger partial charge in [-0.25, -0.2) is 8.78 Å². The first-order chi connectivity index (χ1) is 22.6. The van der Waals surface area contributed by atoms with Crippen LogP contribution in [0.4, 0.5) is 8.78 Å². The first kappa shape index (κ1) is 38.3. The van der Waals surface area contributed by atoms with Crippen molar-refractivity contribution in [3.63, 3.8) is 0 Å². The molecule has 0 spiro atoms. The van der Waals surface area contributed by atoms with Crippen LogP contribution in [-0.4, -0.2) is 77.5 Å². The molecule has 0 radical (unpaired) electrons. The smallest absolute Gasteiger partial charge is 0.246 e. The lowest BCUT2D eigenvalue weighted by molar-refractivity contribution is -0.146. The van der Waals surface area contributed by atoms with Crippen molar-refractivity contribution in [3.8, 4) is 0 Å². The second kappa shape index (κ2) is 16.8. The number of carbonyl (C=O) groups is 3. The van der Waals surface area contributed by atoms with E-state index in [2.05, 4.69) is 5.32 Å². The van der Waals surface area contributed by atoms with Gasteiger partial charge in [0, 0.05) is 51.0 Å². The Morgan fingerprint density at radius 2 is 1.48 bits per heavy atom. The molecule has 0 aliphatic rings. The topological polar surface area (TPSA) is 116 Å². The highest BCUT2D eigenvalue weighted by atomic mass is 19.2. The van der Waals surface area contributed by atoms with Gasteiger partial charge in [0.25, 0.3) is 0 Å². The summed E-state index contributed by atoms with van der Waals surface area (Å²) in [6.45, 7) is 7.46. The van der Waals surface area contributed by atoms with Crippen molar-refractivity contribution in [1.29, 1.82) is 0 Å². The number of amides is 3. The molecule has 260 valence electrons. The quantitative estimate of drug-likeness (QED) is 0.183. The first-order valence-electron chi connectivity index (χ1n) is 16.4. The van der Waals surface area contributed by atoms with Gasteiger partial charge in [0.15, 0.2) is 11.6 Å². The van der Waals surface area contributed by atoms with E-state index in [1.54, 1.807) is 27.0 Å². The Morgan fingerprint density at radius 1 is 0.875 bits per heavy atom. The summed E-state index contributed by atoms with van der Waals surface area (Å²) in [5.74, 6) is -3.53. The second-order valence-electron chi connectivity index (χ2n) is 13.5. The first-order valence-corrected chi connectivity index (χ1v) is 16.4. The number of benzene rings is 3. The number of aliphatic hydroxyl groups excluding tert-OH is 1. The number of halogens is 2. The summed E-state index contributed by atoms with van der Waals surface area (Å²) in [5.41, 5.74) is 6.46. The van der Waals surface area contributed by atoms with Gasteiger partial charge in [-0.05, 0) is 59.4 Å². The number of rotatable bonds is 16. The minimum atomic E-state index is -1.14. The summed E-state index contributed by atoms with van der Waals surface area (Å²) in [7, 11) is 3.02. The van der Waals surface area contributed by atoms with Gasteiger partial charge >= 0.3 is 0 Å². The van der Waals surface area contributed by atoms with E-state index in [-0.39, 0.29) is 26.0 Å². The molecule has 0 unspecified atom stereocenters. The van der Waals surface area contributed by atoms with Crippen LogP contribution >= 0.6 is 0 Å². The molecule has 0 saturated heterocycles. The van der Waals surface area contributed by atoms with E-state index in [1.165, 1.54) is 29.0 Å². The van der Waals surface area contributed by atoms with E-state index in [9.17, 15) is 28.3 Å². The van der Waals surface area contributed by atoms with Crippen molar-refractivity contribution in [1.82, 2.24) is 15.1 Å². The molecule has 48 heavy (non-hydrogen) atoms. The minimum Gasteiger partial charge on any atom is -0.396 e. The SMILES string of the molecule is CCC(N)(CC)CC=CC(=O)N(C)[C@H](Cc1ccc2ccccc2c1)C(=O)N(C)[C@H](Cc1ccc(F)c(F)c1)C(=O)NCC(C)(C)CO. The third-order valence-electron chi connectivity index (χ3n) is 9.24. The molecular weight excluding hydrogens is 614 g/mol. The largest absolute Gasteiger partial charge is 0.396 e. The predicted molar refractivity (Wildman–Crippen MR) is 186 cm³/mol. The Balaban J connectivity index is 1.99. The molecule has 0 aliphatic carbocycles. The third-order valence-corrected chi connectivity index (χ3v) is 9.24. The molecule has 3 amide bonds. The Hall–Kier alpha value is -4.15. The number of hydrogen-bond donors (Lipinski definition) is 3. The van der Waals surface area contributed by atoms with Crippen molar-refractivity contribution < 1.29 is 28.3 Å². The number of nitrogens with zero attached hydrogens (tertiary/aromatic N) is 2. The van der Waals surface area contributed by atoms with Crippen molar-refractivity contribution in [3.05, 3.63) is 95.6 Å². The molecule has 10 heteroatoms. The lowest BCUT2D eigenvalue weighted by Gasteiger charge is -2.35. The van der Waals surface area contributed by atoms with Crippen molar-refractivity contribution >= 4 is 28.5 Å². The molecule has 0 aromatic heterocycles. The molecule has 3 aromatic carbocycles. The molecule has 4 N–H and O–H groups in total. The summed E-state index contributed by atoms with van der Waals surface area (Å²) < 4.78 is 27.9. The zero-order valence-corrected chi connectivity index (χ0v) is 28.9. The van der Waals surface area contributed by atoms with E-state index in [0.29, 0.717) is 12.0 Å². The van der Waals surface area contributed by atoms with Gasteiger partial charge in [-0.1, -0.05) is 82.3 Å². The van der Waals surface area contributed by atoms with Gasteiger partial charge in [-0.3, -0.25) is 14.4 Å². The van der Waals surface area contributed by atoms with Gasteiger partial charge in [-0.15, -0.1) is 0 Å². The zero-order valence-electron chi connectivity index (χ0n) is 28.9. The number of carbonyl (C=O) groups excluding carboxylic acids is 3. The summed E-state index contributed by atoms with van der Waals surface area (Å²) in [6.07, 6.45) is 5.17. The van der Waals surface area contributed by atoms with Crippen LogP contribution in [0.1, 0.15) is 58.1 Å². The van der Waals surface area contributed by atoms with Crippen LogP contribution in [0.2, 0.25) is 0 Å². The van der Waals surface area contributed by atoms with Crippen LogP contribution < -0.4 is 11.1 Å². The summed E-state index contributed by atoms with van der Waals surface area (Å²) in [6, 6.07) is 14.8. The number of fused-ring (bicyclic) bond motifs is 1. The maximum atomic E-state index is 14.4.